The highest BCUT2D eigenvalue weighted by Gasteiger charge is 2.09. The van der Waals surface area contributed by atoms with Crippen LogP contribution in [-0.4, -0.2) is 34.1 Å². The lowest BCUT2D eigenvalue weighted by molar-refractivity contribution is -0.135. The second-order valence-electron chi connectivity index (χ2n) is 4.71. The van der Waals surface area contributed by atoms with E-state index in [1.54, 1.807) is 6.07 Å². The minimum absolute atomic E-state index is 0.112. The highest BCUT2D eigenvalue weighted by atomic mass is 16.4. The van der Waals surface area contributed by atoms with E-state index in [9.17, 15) is 14.4 Å². The van der Waals surface area contributed by atoms with Gasteiger partial charge >= 0.3 is 17.1 Å². The lowest BCUT2D eigenvalue weighted by atomic mass is 10.00. The van der Waals surface area contributed by atoms with Crippen LogP contribution in [0.25, 0.3) is 11.0 Å². The number of H-pyrrole nitrogens is 2. The number of aryl methyl sites for hydroxylation is 1. The van der Waals surface area contributed by atoms with Gasteiger partial charge < -0.3 is 20.4 Å². The van der Waals surface area contributed by atoms with Crippen LogP contribution in [0.3, 0.4) is 0 Å². The van der Waals surface area contributed by atoms with Crippen molar-refractivity contribution in [2.45, 2.75) is 19.8 Å². The molecule has 1 aromatic heterocycles. The first-order valence-corrected chi connectivity index (χ1v) is 6.72. The molecule has 0 aliphatic rings. The molecule has 0 saturated heterocycles. The van der Waals surface area contributed by atoms with Crippen LogP contribution >= 0.6 is 0 Å². The highest BCUT2D eigenvalue weighted by Crippen LogP contribution is 2.18. The van der Waals surface area contributed by atoms with Crippen LogP contribution in [0.1, 0.15) is 18.1 Å². The first-order valence-electron chi connectivity index (χ1n) is 6.72. The Bertz CT molecular complexity index is 776. The van der Waals surface area contributed by atoms with Crippen molar-refractivity contribution in [1.82, 2.24) is 15.3 Å². The van der Waals surface area contributed by atoms with E-state index in [2.05, 4.69) is 15.3 Å². The smallest absolute Gasteiger partial charge is 0.317 e. The fraction of sp³-hybridized carbons (Fsp3) is 0.357. The summed E-state index contributed by atoms with van der Waals surface area (Å²) in [6.07, 6.45) is 1.35. The van der Waals surface area contributed by atoms with Crippen LogP contribution in [0.2, 0.25) is 0 Å². The first-order chi connectivity index (χ1) is 10.0. The number of aromatic nitrogens is 2. The molecule has 0 spiro atoms. The first kappa shape index (κ1) is 15.0. The van der Waals surface area contributed by atoms with Gasteiger partial charge in [-0.25, -0.2) is 0 Å². The Morgan fingerprint density at radius 1 is 1.24 bits per heavy atom. The van der Waals surface area contributed by atoms with E-state index in [1.807, 2.05) is 13.0 Å². The zero-order valence-electron chi connectivity index (χ0n) is 11.7. The molecule has 0 radical (unpaired) electrons. The topological polar surface area (TPSA) is 115 Å². The number of aromatic amines is 2. The van der Waals surface area contributed by atoms with Crippen LogP contribution in [0, 0.1) is 0 Å². The standard InChI is InChI=1S/C14H17N3O4/c1-2-8-3-4-10-12(17-14(21)13(20)16-10)9(8)5-6-15-7-11(18)19/h3-4,15H,2,5-7H2,1H3,(H,16,20)(H,17,21)(H,18,19). The van der Waals surface area contributed by atoms with Gasteiger partial charge in [-0.1, -0.05) is 13.0 Å². The quantitative estimate of drug-likeness (QED) is 0.441. The van der Waals surface area contributed by atoms with E-state index in [-0.39, 0.29) is 6.54 Å². The molecule has 0 saturated carbocycles. The SMILES string of the molecule is CCc1ccc2[nH]c(=O)c(=O)[nH]c2c1CCNCC(=O)O. The van der Waals surface area contributed by atoms with E-state index < -0.39 is 17.1 Å². The number of hydrogen-bond acceptors (Lipinski definition) is 4. The molecule has 0 bridgehead atoms. The summed E-state index contributed by atoms with van der Waals surface area (Å²) in [5.74, 6) is -0.915. The third kappa shape index (κ3) is 3.38. The number of rotatable bonds is 6. The maximum atomic E-state index is 11.5. The Kier molecular flexibility index (Phi) is 4.54. The molecule has 112 valence electrons. The van der Waals surface area contributed by atoms with Gasteiger partial charge in [0.1, 0.15) is 0 Å². The Hall–Kier alpha value is -2.41. The summed E-state index contributed by atoms with van der Waals surface area (Å²) in [6, 6.07) is 3.67. The van der Waals surface area contributed by atoms with Crippen LogP contribution in [-0.2, 0) is 17.6 Å². The van der Waals surface area contributed by atoms with Gasteiger partial charge in [-0.3, -0.25) is 14.4 Å². The van der Waals surface area contributed by atoms with Gasteiger partial charge in [0.15, 0.2) is 0 Å². The lowest BCUT2D eigenvalue weighted by Gasteiger charge is -2.11. The maximum absolute atomic E-state index is 11.5. The number of carboxylic acids is 1. The average Bonchev–Trinajstić information content (AvgIpc) is 2.44. The highest BCUT2D eigenvalue weighted by molar-refractivity contribution is 5.79. The lowest BCUT2D eigenvalue weighted by Crippen LogP contribution is -2.30. The molecular weight excluding hydrogens is 274 g/mol. The van der Waals surface area contributed by atoms with E-state index in [0.29, 0.717) is 24.0 Å². The number of hydrogen-bond donors (Lipinski definition) is 4. The third-order valence-electron chi connectivity index (χ3n) is 3.31. The molecule has 1 heterocycles. The van der Waals surface area contributed by atoms with Crippen LogP contribution in [0.4, 0.5) is 0 Å². The van der Waals surface area contributed by atoms with Gasteiger partial charge in [-0.2, -0.15) is 0 Å². The van der Waals surface area contributed by atoms with E-state index in [4.69, 9.17) is 5.11 Å². The fourth-order valence-electron chi connectivity index (χ4n) is 2.31. The summed E-state index contributed by atoms with van der Waals surface area (Å²) in [6.45, 7) is 2.36. The summed E-state index contributed by atoms with van der Waals surface area (Å²) in [5, 5.41) is 11.4. The minimum atomic E-state index is -0.915. The van der Waals surface area contributed by atoms with Crippen LogP contribution < -0.4 is 16.4 Å². The van der Waals surface area contributed by atoms with Crippen molar-refractivity contribution in [3.05, 3.63) is 44.0 Å². The van der Waals surface area contributed by atoms with Crippen LogP contribution in [0.15, 0.2) is 21.7 Å². The molecule has 0 aliphatic carbocycles. The van der Waals surface area contributed by atoms with Crippen molar-refractivity contribution in [3.63, 3.8) is 0 Å². The number of carbonyl (C=O) groups is 1. The predicted octanol–water partition coefficient (Wildman–Crippen LogP) is -0.00450. The van der Waals surface area contributed by atoms with Gasteiger partial charge in [0, 0.05) is 0 Å². The molecule has 0 atom stereocenters. The zero-order chi connectivity index (χ0) is 15.4. The summed E-state index contributed by atoms with van der Waals surface area (Å²) in [7, 11) is 0. The molecule has 7 heteroatoms. The van der Waals surface area contributed by atoms with E-state index in [1.165, 1.54) is 0 Å². The molecule has 2 rings (SSSR count). The fourth-order valence-corrected chi connectivity index (χ4v) is 2.31. The molecule has 0 amide bonds. The Balaban J connectivity index is 2.38. The van der Waals surface area contributed by atoms with Crippen molar-refractivity contribution < 1.29 is 9.90 Å². The van der Waals surface area contributed by atoms with Crippen molar-refractivity contribution in [3.8, 4) is 0 Å². The second-order valence-corrected chi connectivity index (χ2v) is 4.71. The Morgan fingerprint density at radius 2 is 1.95 bits per heavy atom. The summed E-state index contributed by atoms with van der Waals surface area (Å²) in [4.78, 5) is 38.5. The second kappa shape index (κ2) is 6.36. The Morgan fingerprint density at radius 3 is 2.62 bits per heavy atom. The molecular formula is C14H17N3O4. The van der Waals surface area contributed by atoms with Crippen molar-refractivity contribution in [2.24, 2.45) is 0 Å². The summed E-state index contributed by atoms with van der Waals surface area (Å²) >= 11 is 0. The number of benzene rings is 1. The maximum Gasteiger partial charge on any atom is 0.317 e. The summed E-state index contributed by atoms with van der Waals surface area (Å²) in [5.41, 5.74) is 1.79. The molecule has 4 N–H and O–H groups in total. The predicted molar refractivity (Wildman–Crippen MR) is 78.8 cm³/mol. The number of carboxylic acid groups (broad SMARTS) is 1. The number of aliphatic carboxylic acids is 1. The van der Waals surface area contributed by atoms with E-state index >= 15 is 0 Å². The molecule has 1 aromatic carbocycles. The molecule has 2 aromatic rings. The molecule has 7 nitrogen and oxygen atoms in total. The zero-order valence-corrected chi connectivity index (χ0v) is 11.7. The van der Waals surface area contributed by atoms with E-state index in [0.717, 1.165) is 17.5 Å². The monoisotopic (exact) mass is 291 g/mol. The molecule has 21 heavy (non-hydrogen) atoms. The summed E-state index contributed by atoms with van der Waals surface area (Å²) < 4.78 is 0. The van der Waals surface area contributed by atoms with Crippen molar-refractivity contribution in [1.29, 1.82) is 0 Å². The van der Waals surface area contributed by atoms with Gasteiger partial charge in [-0.05, 0) is 36.6 Å². The Labute approximate surface area is 120 Å². The number of nitrogens with one attached hydrogen (secondary N) is 3. The van der Waals surface area contributed by atoms with Gasteiger partial charge in [0.2, 0.25) is 0 Å². The minimum Gasteiger partial charge on any atom is -0.480 e. The number of fused-ring (bicyclic) bond motifs is 1. The molecule has 0 fully saturated rings. The normalized spacial score (nSPS) is 10.9. The largest absolute Gasteiger partial charge is 0.480 e. The van der Waals surface area contributed by atoms with Gasteiger partial charge in [0.05, 0.1) is 17.6 Å². The van der Waals surface area contributed by atoms with Gasteiger partial charge in [-0.15, -0.1) is 0 Å². The van der Waals surface area contributed by atoms with Gasteiger partial charge in [0.25, 0.3) is 0 Å². The van der Waals surface area contributed by atoms with Crippen molar-refractivity contribution >= 4 is 17.0 Å². The average molecular weight is 291 g/mol. The molecule has 0 unspecified atom stereocenters. The van der Waals surface area contributed by atoms with Crippen molar-refractivity contribution in [2.75, 3.05) is 13.1 Å². The molecule has 0 aliphatic heterocycles. The third-order valence-corrected chi connectivity index (χ3v) is 3.31. The van der Waals surface area contributed by atoms with Crippen LogP contribution in [0.5, 0.6) is 0 Å².